The van der Waals surface area contributed by atoms with Crippen molar-refractivity contribution >= 4 is 0 Å². The first-order valence-corrected chi connectivity index (χ1v) is 8.71. The number of hydrogen-bond donors (Lipinski definition) is 2. The molecule has 0 bridgehead atoms. The van der Waals surface area contributed by atoms with E-state index < -0.39 is 6.10 Å². The zero-order chi connectivity index (χ0) is 16.1. The number of aliphatic hydroxyl groups excluding tert-OH is 2. The minimum atomic E-state index is -0.496. The second kappa shape index (κ2) is 8.11. The molecule has 2 saturated heterocycles. The summed E-state index contributed by atoms with van der Waals surface area (Å²) >= 11 is 0. The van der Waals surface area contributed by atoms with E-state index in [9.17, 15) is 10.2 Å². The van der Waals surface area contributed by atoms with Crippen LogP contribution >= 0.6 is 0 Å². The summed E-state index contributed by atoms with van der Waals surface area (Å²) in [5.74, 6) is 0.830. The van der Waals surface area contributed by atoms with E-state index in [1.165, 1.54) is 25.1 Å². The molecule has 2 N–H and O–H groups in total. The van der Waals surface area contributed by atoms with Crippen LogP contribution in [0.4, 0.5) is 0 Å². The molecule has 1 aromatic rings. The predicted molar refractivity (Wildman–Crippen MR) is 89.5 cm³/mol. The molecule has 0 aromatic heterocycles. The van der Waals surface area contributed by atoms with Crippen LogP contribution in [-0.2, 0) is 6.54 Å². The largest absolute Gasteiger partial charge is 0.491 e. The van der Waals surface area contributed by atoms with Crippen LogP contribution in [0.3, 0.4) is 0 Å². The van der Waals surface area contributed by atoms with Gasteiger partial charge in [0.05, 0.1) is 6.10 Å². The van der Waals surface area contributed by atoms with Crippen LogP contribution in [0.1, 0.15) is 24.8 Å². The lowest BCUT2D eigenvalue weighted by Crippen LogP contribution is -2.41. The fourth-order valence-electron chi connectivity index (χ4n) is 3.18. The van der Waals surface area contributed by atoms with Gasteiger partial charge in [-0.2, -0.15) is 0 Å². The Morgan fingerprint density at radius 3 is 2.61 bits per heavy atom. The highest BCUT2D eigenvalue weighted by Gasteiger charge is 2.19. The highest BCUT2D eigenvalue weighted by atomic mass is 16.5. The molecule has 3 rings (SSSR count). The third-order valence-electron chi connectivity index (χ3n) is 4.72. The van der Waals surface area contributed by atoms with Crippen LogP contribution in [-0.4, -0.2) is 71.6 Å². The standard InChI is InChI=1S/C18H28N2O3/c21-16-5-9-20(10-6-16)13-17(22)14-23-18-4-1-3-15(11-18)12-19-7-2-8-19/h1,3-4,11,16-17,21-22H,2,5-10,12-14H2/t17-/m0/s1. The van der Waals surface area contributed by atoms with E-state index in [2.05, 4.69) is 21.9 Å². The number of aliphatic hydroxyl groups is 2. The van der Waals surface area contributed by atoms with E-state index in [1.807, 2.05) is 12.1 Å². The molecule has 1 atom stereocenters. The van der Waals surface area contributed by atoms with Crippen molar-refractivity contribution in [1.29, 1.82) is 0 Å². The number of rotatable bonds is 7. The number of likely N-dealkylation sites (tertiary alicyclic amines) is 2. The molecule has 2 aliphatic heterocycles. The van der Waals surface area contributed by atoms with Crippen molar-refractivity contribution in [2.24, 2.45) is 0 Å². The number of β-amino-alcohol motifs (C(OH)–C–C–N with tert-alkyl or cyclic N) is 1. The molecule has 2 fully saturated rings. The molecule has 23 heavy (non-hydrogen) atoms. The molecule has 0 radical (unpaired) electrons. The molecule has 2 heterocycles. The lowest BCUT2D eigenvalue weighted by molar-refractivity contribution is 0.0337. The van der Waals surface area contributed by atoms with Crippen LogP contribution in [0.2, 0.25) is 0 Å². The maximum atomic E-state index is 10.2. The predicted octanol–water partition coefficient (Wildman–Crippen LogP) is 1.09. The quantitative estimate of drug-likeness (QED) is 0.788. The molecule has 0 saturated carbocycles. The summed E-state index contributed by atoms with van der Waals surface area (Å²) in [4.78, 5) is 4.61. The van der Waals surface area contributed by atoms with E-state index in [1.54, 1.807) is 0 Å². The molecule has 2 aliphatic rings. The maximum Gasteiger partial charge on any atom is 0.119 e. The van der Waals surface area contributed by atoms with Gasteiger partial charge in [-0.15, -0.1) is 0 Å². The van der Waals surface area contributed by atoms with E-state index in [0.717, 1.165) is 38.2 Å². The van der Waals surface area contributed by atoms with E-state index in [-0.39, 0.29) is 6.10 Å². The Hall–Kier alpha value is -1.14. The van der Waals surface area contributed by atoms with Gasteiger partial charge in [0, 0.05) is 26.2 Å². The first kappa shape index (κ1) is 16.7. The van der Waals surface area contributed by atoms with Crippen molar-refractivity contribution < 1.29 is 14.9 Å². The SMILES string of the molecule is OC1CCN(C[C@H](O)COc2cccc(CN3CCC3)c2)CC1. The highest BCUT2D eigenvalue weighted by molar-refractivity contribution is 5.28. The summed E-state index contributed by atoms with van der Waals surface area (Å²) in [6.45, 7) is 5.98. The van der Waals surface area contributed by atoms with Gasteiger partial charge >= 0.3 is 0 Å². The number of ether oxygens (including phenoxy) is 1. The Morgan fingerprint density at radius 1 is 1.13 bits per heavy atom. The van der Waals surface area contributed by atoms with Crippen LogP contribution in [0.5, 0.6) is 5.75 Å². The number of piperidine rings is 1. The summed E-state index contributed by atoms with van der Waals surface area (Å²) in [6, 6.07) is 8.16. The van der Waals surface area contributed by atoms with Crippen molar-refractivity contribution in [2.45, 2.75) is 38.0 Å². The molecule has 5 heteroatoms. The van der Waals surface area contributed by atoms with Gasteiger partial charge in [-0.05, 0) is 50.0 Å². The molecule has 1 aromatic carbocycles. The van der Waals surface area contributed by atoms with Gasteiger partial charge in [0.2, 0.25) is 0 Å². The first-order chi connectivity index (χ1) is 11.2. The van der Waals surface area contributed by atoms with E-state index >= 15 is 0 Å². The molecule has 5 nitrogen and oxygen atoms in total. The third-order valence-corrected chi connectivity index (χ3v) is 4.72. The van der Waals surface area contributed by atoms with Gasteiger partial charge in [0.15, 0.2) is 0 Å². The Labute approximate surface area is 138 Å². The van der Waals surface area contributed by atoms with Gasteiger partial charge in [-0.25, -0.2) is 0 Å². The summed E-state index contributed by atoms with van der Waals surface area (Å²) < 4.78 is 5.76. The average Bonchev–Trinajstić information content (AvgIpc) is 2.52. The molecule has 128 valence electrons. The molecule has 0 amide bonds. The van der Waals surface area contributed by atoms with Gasteiger partial charge in [-0.3, -0.25) is 4.90 Å². The molecular weight excluding hydrogens is 292 g/mol. The van der Waals surface area contributed by atoms with Crippen LogP contribution < -0.4 is 4.74 Å². The van der Waals surface area contributed by atoms with Gasteiger partial charge in [0.25, 0.3) is 0 Å². The zero-order valence-corrected chi connectivity index (χ0v) is 13.7. The Bertz CT molecular complexity index is 485. The Balaban J connectivity index is 1.41. The van der Waals surface area contributed by atoms with Crippen LogP contribution in [0.25, 0.3) is 0 Å². The molecule has 0 unspecified atom stereocenters. The number of benzene rings is 1. The minimum Gasteiger partial charge on any atom is -0.491 e. The molecular formula is C18H28N2O3. The van der Waals surface area contributed by atoms with Crippen LogP contribution in [0.15, 0.2) is 24.3 Å². The minimum absolute atomic E-state index is 0.172. The van der Waals surface area contributed by atoms with Gasteiger partial charge < -0.3 is 19.8 Å². The summed E-state index contributed by atoms with van der Waals surface area (Å²) in [5, 5.41) is 19.7. The smallest absolute Gasteiger partial charge is 0.119 e. The van der Waals surface area contributed by atoms with Crippen molar-refractivity contribution in [3.8, 4) is 5.75 Å². The topological polar surface area (TPSA) is 56.2 Å². The maximum absolute atomic E-state index is 10.2. The van der Waals surface area contributed by atoms with Crippen molar-refractivity contribution in [3.05, 3.63) is 29.8 Å². The van der Waals surface area contributed by atoms with Crippen molar-refractivity contribution in [3.63, 3.8) is 0 Å². The molecule has 0 spiro atoms. The lowest BCUT2D eigenvalue weighted by Gasteiger charge is -2.31. The van der Waals surface area contributed by atoms with Gasteiger partial charge in [0.1, 0.15) is 18.5 Å². The summed E-state index contributed by atoms with van der Waals surface area (Å²) in [6.07, 6.45) is 2.23. The Kier molecular flexibility index (Phi) is 5.89. The van der Waals surface area contributed by atoms with E-state index in [4.69, 9.17) is 4.74 Å². The fraction of sp³-hybridized carbons (Fsp3) is 0.667. The van der Waals surface area contributed by atoms with Crippen molar-refractivity contribution in [1.82, 2.24) is 9.80 Å². The fourth-order valence-corrected chi connectivity index (χ4v) is 3.18. The molecule has 0 aliphatic carbocycles. The third kappa shape index (κ3) is 5.18. The lowest BCUT2D eigenvalue weighted by atomic mass is 10.1. The number of hydrogen-bond acceptors (Lipinski definition) is 5. The summed E-state index contributed by atoms with van der Waals surface area (Å²) in [7, 11) is 0. The second-order valence-electron chi connectivity index (χ2n) is 6.77. The number of nitrogens with zero attached hydrogens (tertiary/aromatic N) is 2. The van der Waals surface area contributed by atoms with Crippen LogP contribution in [0, 0.1) is 0 Å². The average molecular weight is 320 g/mol. The first-order valence-electron chi connectivity index (χ1n) is 8.71. The second-order valence-corrected chi connectivity index (χ2v) is 6.77. The Morgan fingerprint density at radius 2 is 1.91 bits per heavy atom. The highest BCUT2D eigenvalue weighted by Crippen LogP contribution is 2.18. The summed E-state index contributed by atoms with van der Waals surface area (Å²) in [5.41, 5.74) is 1.27. The monoisotopic (exact) mass is 320 g/mol. The van der Waals surface area contributed by atoms with Gasteiger partial charge in [-0.1, -0.05) is 12.1 Å². The zero-order valence-electron chi connectivity index (χ0n) is 13.7. The van der Waals surface area contributed by atoms with E-state index in [0.29, 0.717) is 13.2 Å². The normalized spacial score (nSPS) is 21.8. The van der Waals surface area contributed by atoms with Crippen molar-refractivity contribution in [2.75, 3.05) is 39.3 Å².